The summed E-state index contributed by atoms with van der Waals surface area (Å²) in [6.45, 7) is 1.46. The third-order valence-electron chi connectivity index (χ3n) is 5.09. The molecule has 0 unspecified atom stereocenters. The van der Waals surface area contributed by atoms with Gasteiger partial charge in [0.15, 0.2) is 0 Å². The molecule has 1 aromatic heterocycles. The number of nitrogens with two attached hydrogens (primary N) is 1. The summed E-state index contributed by atoms with van der Waals surface area (Å²) >= 11 is 0. The van der Waals surface area contributed by atoms with Crippen molar-refractivity contribution < 1.29 is 9.59 Å². The van der Waals surface area contributed by atoms with Crippen molar-refractivity contribution in [1.29, 1.82) is 0 Å². The fourth-order valence-electron chi connectivity index (χ4n) is 3.76. The number of aryl methyl sites for hydroxylation is 1. The molecule has 1 aliphatic rings. The van der Waals surface area contributed by atoms with Crippen LogP contribution in [0.15, 0.2) is 60.8 Å². The zero-order valence-corrected chi connectivity index (χ0v) is 16.6. The van der Waals surface area contributed by atoms with E-state index in [1.807, 2.05) is 30.3 Å². The molecule has 152 valence electrons. The Hall–Kier alpha value is -3.87. The molecule has 7 heteroatoms. The Morgan fingerprint density at radius 3 is 2.67 bits per heavy atom. The number of pyridine rings is 1. The Bertz CT molecular complexity index is 1110. The number of hydrogen-bond donors (Lipinski definition) is 4. The van der Waals surface area contributed by atoms with Crippen molar-refractivity contribution in [2.45, 2.75) is 25.8 Å². The summed E-state index contributed by atoms with van der Waals surface area (Å²) in [6.07, 6.45) is 3.42. The topological polar surface area (TPSA) is 109 Å². The van der Waals surface area contributed by atoms with E-state index in [-0.39, 0.29) is 11.9 Å². The molecule has 0 fully saturated rings. The summed E-state index contributed by atoms with van der Waals surface area (Å²) in [7, 11) is 0. The van der Waals surface area contributed by atoms with Crippen LogP contribution in [0, 0.1) is 0 Å². The third-order valence-corrected chi connectivity index (χ3v) is 5.09. The van der Waals surface area contributed by atoms with Crippen LogP contribution in [-0.4, -0.2) is 16.8 Å². The van der Waals surface area contributed by atoms with E-state index >= 15 is 0 Å². The van der Waals surface area contributed by atoms with Crippen LogP contribution in [0.3, 0.4) is 0 Å². The summed E-state index contributed by atoms with van der Waals surface area (Å²) in [4.78, 5) is 27.6. The maximum absolute atomic E-state index is 11.9. The first-order chi connectivity index (χ1) is 14.5. The number of amides is 2. The average Bonchev–Trinajstić information content (AvgIpc) is 3.11. The molecule has 2 amide bonds. The van der Waals surface area contributed by atoms with Gasteiger partial charge in [-0.15, -0.1) is 0 Å². The van der Waals surface area contributed by atoms with Crippen LogP contribution in [0.4, 0.5) is 22.9 Å². The second-order valence-corrected chi connectivity index (χ2v) is 7.30. The predicted molar refractivity (Wildman–Crippen MR) is 118 cm³/mol. The van der Waals surface area contributed by atoms with Gasteiger partial charge in [0.2, 0.25) is 5.91 Å². The zero-order valence-electron chi connectivity index (χ0n) is 16.6. The molecule has 3 aromatic rings. The number of nitrogens with one attached hydrogen (secondary N) is 3. The second kappa shape index (κ2) is 8.24. The summed E-state index contributed by atoms with van der Waals surface area (Å²) in [6, 6.07) is 17.5. The highest BCUT2D eigenvalue weighted by molar-refractivity contribution is 5.98. The van der Waals surface area contributed by atoms with Gasteiger partial charge in [-0.1, -0.05) is 30.3 Å². The molecule has 1 heterocycles. The Kier molecular flexibility index (Phi) is 5.34. The van der Waals surface area contributed by atoms with Crippen molar-refractivity contribution in [3.8, 4) is 0 Å². The van der Waals surface area contributed by atoms with Crippen LogP contribution >= 0.6 is 0 Å². The fourth-order valence-corrected chi connectivity index (χ4v) is 3.76. The van der Waals surface area contributed by atoms with E-state index in [1.165, 1.54) is 24.2 Å². The van der Waals surface area contributed by atoms with E-state index < -0.39 is 5.91 Å². The number of fused-ring (bicyclic) bond motifs is 1. The molecule has 2 aromatic carbocycles. The van der Waals surface area contributed by atoms with Crippen LogP contribution in [0.2, 0.25) is 0 Å². The molecule has 0 saturated heterocycles. The number of anilines is 4. The smallest absolute Gasteiger partial charge is 0.252 e. The molecule has 0 saturated carbocycles. The normalized spacial score (nSPS) is 14.6. The number of benzene rings is 2. The van der Waals surface area contributed by atoms with Crippen molar-refractivity contribution in [2.24, 2.45) is 5.73 Å². The van der Waals surface area contributed by atoms with Gasteiger partial charge in [0.1, 0.15) is 5.82 Å². The fraction of sp³-hybridized carbons (Fsp3) is 0.174. The lowest BCUT2D eigenvalue weighted by Gasteiger charge is -2.18. The average molecular weight is 401 g/mol. The highest BCUT2D eigenvalue weighted by atomic mass is 16.1. The van der Waals surface area contributed by atoms with E-state index in [0.29, 0.717) is 22.8 Å². The summed E-state index contributed by atoms with van der Waals surface area (Å²) in [5.74, 6) is -0.108. The maximum atomic E-state index is 11.9. The lowest BCUT2D eigenvalue weighted by molar-refractivity contribution is -0.114. The molecular weight excluding hydrogens is 378 g/mol. The van der Waals surface area contributed by atoms with Crippen molar-refractivity contribution in [2.75, 3.05) is 16.0 Å². The Morgan fingerprint density at radius 2 is 1.87 bits per heavy atom. The molecule has 1 atom stereocenters. The van der Waals surface area contributed by atoms with E-state index in [0.717, 1.165) is 18.5 Å². The Balaban J connectivity index is 1.59. The number of rotatable bonds is 6. The predicted octanol–water partition coefficient (Wildman–Crippen LogP) is 3.98. The van der Waals surface area contributed by atoms with Crippen LogP contribution < -0.4 is 21.7 Å². The number of aromatic nitrogens is 1. The molecule has 1 aliphatic carbocycles. The minimum atomic E-state index is -0.532. The Labute approximate surface area is 174 Å². The molecular formula is C23H23N5O2. The molecule has 0 spiro atoms. The maximum Gasteiger partial charge on any atom is 0.252 e. The lowest BCUT2D eigenvalue weighted by Crippen LogP contribution is -2.17. The van der Waals surface area contributed by atoms with Crippen molar-refractivity contribution in [3.05, 3.63) is 77.5 Å². The van der Waals surface area contributed by atoms with Gasteiger partial charge >= 0.3 is 0 Å². The van der Waals surface area contributed by atoms with E-state index in [4.69, 9.17) is 5.73 Å². The lowest BCUT2D eigenvalue weighted by atomic mass is 10.1. The standard InChI is InChI=1S/C23H23N5O2/c1-14(29)26-16-6-4-7-17(11-16)27-22-12-21(19(13-25-22)23(24)30)28-20-10-9-15-5-2-3-8-18(15)20/h2-8,11-13,20H,9-10H2,1H3,(H2,24,30)(H,26,29)(H2,25,27,28)/t20-/m0/s1. The van der Waals surface area contributed by atoms with Gasteiger partial charge in [-0.05, 0) is 42.2 Å². The van der Waals surface area contributed by atoms with Crippen LogP contribution in [0.5, 0.6) is 0 Å². The molecule has 30 heavy (non-hydrogen) atoms. The number of carbonyl (C=O) groups is 2. The molecule has 0 aliphatic heterocycles. The minimum Gasteiger partial charge on any atom is -0.377 e. The van der Waals surface area contributed by atoms with Gasteiger partial charge in [-0.25, -0.2) is 4.98 Å². The van der Waals surface area contributed by atoms with Gasteiger partial charge in [-0.3, -0.25) is 9.59 Å². The third kappa shape index (κ3) is 4.25. The Morgan fingerprint density at radius 1 is 1.07 bits per heavy atom. The summed E-state index contributed by atoms with van der Waals surface area (Å²) < 4.78 is 0. The number of carbonyl (C=O) groups excluding carboxylic acids is 2. The quantitative estimate of drug-likeness (QED) is 0.499. The molecule has 7 nitrogen and oxygen atoms in total. The summed E-state index contributed by atoms with van der Waals surface area (Å²) in [5, 5.41) is 9.44. The van der Waals surface area contributed by atoms with E-state index in [9.17, 15) is 9.59 Å². The number of primary amides is 1. The molecule has 4 rings (SSSR count). The minimum absolute atomic E-state index is 0.109. The van der Waals surface area contributed by atoms with Gasteiger partial charge in [0.05, 0.1) is 17.3 Å². The van der Waals surface area contributed by atoms with Crippen molar-refractivity contribution >= 4 is 34.7 Å². The first-order valence-electron chi connectivity index (χ1n) is 9.78. The van der Waals surface area contributed by atoms with Gasteiger partial charge in [0, 0.05) is 30.6 Å². The van der Waals surface area contributed by atoms with Crippen LogP contribution in [-0.2, 0) is 11.2 Å². The first-order valence-corrected chi connectivity index (χ1v) is 9.78. The highest BCUT2D eigenvalue weighted by Crippen LogP contribution is 2.35. The van der Waals surface area contributed by atoms with Crippen molar-refractivity contribution in [1.82, 2.24) is 4.98 Å². The highest BCUT2D eigenvalue weighted by Gasteiger charge is 2.23. The van der Waals surface area contributed by atoms with Crippen molar-refractivity contribution in [3.63, 3.8) is 0 Å². The molecule has 0 radical (unpaired) electrons. The van der Waals surface area contributed by atoms with E-state index in [1.54, 1.807) is 12.1 Å². The first kappa shape index (κ1) is 19.4. The van der Waals surface area contributed by atoms with Crippen LogP contribution in [0.1, 0.15) is 40.9 Å². The monoisotopic (exact) mass is 401 g/mol. The second-order valence-electron chi connectivity index (χ2n) is 7.30. The van der Waals surface area contributed by atoms with Gasteiger partial charge in [0.25, 0.3) is 5.91 Å². The SMILES string of the molecule is CC(=O)Nc1cccc(Nc2cc(N[C@H]3CCc4ccccc43)c(C(N)=O)cn2)c1. The van der Waals surface area contributed by atoms with E-state index in [2.05, 4.69) is 33.1 Å². The zero-order chi connectivity index (χ0) is 21.1. The number of nitrogens with zero attached hydrogens (tertiary/aromatic N) is 1. The molecule has 5 N–H and O–H groups in total. The number of hydrogen-bond acceptors (Lipinski definition) is 5. The molecule has 0 bridgehead atoms. The van der Waals surface area contributed by atoms with Crippen LogP contribution in [0.25, 0.3) is 0 Å². The largest absolute Gasteiger partial charge is 0.377 e. The van der Waals surface area contributed by atoms with Gasteiger partial charge < -0.3 is 21.7 Å². The van der Waals surface area contributed by atoms with Gasteiger partial charge in [-0.2, -0.15) is 0 Å². The summed E-state index contributed by atoms with van der Waals surface area (Å²) in [5.41, 5.74) is 10.6.